The molecule has 0 spiro atoms. The second-order valence-electron chi connectivity index (χ2n) is 5.19. The summed E-state index contributed by atoms with van der Waals surface area (Å²) in [5.41, 5.74) is 0. The molecule has 1 saturated heterocycles. The molecule has 4 heteroatoms. The number of ether oxygens (including phenoxy) is 2. The van der Waals surface area contributed by atoms with Crippen LogP contribution in [0.1, 0.15) is 6.92 Å². The van der Waals surface area contributed by atoms with Gasteiger partial charge in [-0.1, -0.05) is 19.1 Å². The van der Waals surface area contributed by atoms with Gasteiger partial charge in [-0.3, -0.25) is 4.90 Å². The van der Waals surface area contributed by atoms with Crippen LogP contribution in [-0.4, -0.2) is 62.8 Å². The number of nitrogens with zero attached hydrogens (tertiary/aromatic N) is 2. The van der Waals surface area contributed by atoms with Crippen molar-refractivity contribution in [3.8, 4) is 11.5 Å². The quantitative estimate of drug-likeness (QED) is 0.719. The van der Waals surface area contributed by atoms with Crippen LogP contribution in [0.2, 0.25) is 0 Å². The monoisotopic (exact) mass is 290 g/mol. The van der Waals surface area contributed by atoms with Crippen molar-refractivity contribution in [3.05, 3.63) is 36.4 Å². The molecule has 0 radical (unpaired) electrons. The second kappa shape index (κ2) is 8.70. The number of rotatable bonds is 7. The third kappa shape index (κ3) is 5.40. The third-order valence-electron chi connectivity index (χ3n) is 3.85. The Morgan fingerprint density at radius 1 is 0.952 bits per heavy atom. The Balaban J connectivity index is 1.62. The fourth-order valence-electron chi connectivity index (χ4n) is 2.40. The molecule has 0 atom stereocenters. The van der Waals surface area contributed by atoms with Crippen molar-refractivity contribution in [3.63, 3.8) is 0 Å². The lowest BCUT2D eigenvalue weighted by Gasteiger charge is -2.33. The van der Waals surface area contributed by atoms with Crippen molar-refractivity contribution in [2.75, 3.05) is 53.0 Å². The van der Waals surface area contributed by atoms with Gasteiger partial charge in [0.2, 0.25) is 0 Å². The maximum absolute atomic E-state index is 5.66. The molecule has 1 heterocycles. The summed E-state index contributed by atoms with van der Waals surface area (Å²) in [6.45, 7) is 9.73. The Labute approximate surface area is 127 Å². The number of piperazine rings is 1. The van der Waals surface area contributed by atoms with Gasteiger partial charge in [-0.05, 0) is 30.8 Å². The van der Waals surface area contributed by atoms with Gasteiger partial charge in [-0.15, -0.1) is 0 Å². The van der Waals surface area contributed by atoms with Crippen molar-refractivity contribution in [1.82, 2.24) is 9.80 Å². The third-order valence-corrected chi connectivity index (χ3v) is 3.85. The van der Waals surface area contributed by atoms with E-state index in [1.807, 2.05) is 24.3 Å². The Morgan fingerprint density at radius 2 is 1.57 bits per heavy atom. The van der Waals surface area contributed by atoms with Crippen molar-refractivity contribution in [1.29, 1.82) is 0 Å². The molecule has 1 aromatic rings. The molecule has 0 saturated carbocycles. The lowest BCUT2D eigenvalue weighted by Crippen LogP contribution is -2.46. The Morgan fingerprint density at radius 3 is 2.19 bits per heavy atom. The van der Waals surface area contributed by atoms with E-state index in [4.69, 9.17) is 9.47 Å². The molecule has 1 aliphatic heterocycles. The largest absolute Gasteiger partial charge is 0.497 e. The molecule has 1 aromatic carbocycles. The first-order valence-electron chi connectivity index (χ1n) is 7.68. The fourth-order valence-corrected chi connectivity index (χ4v) is 2.40. The second-order valence-corrected chi connectivity index (χ2v) is 5.19. The van der Waals surface area contributed by atoms with Crippen LogP contribution in [0.5, 0.6) is 11.5 Å². The van der Waals surface area contributed by atoms with Gasteiger partial charge in [-0.2, -0.15) is 0 Å². The minimum absolute atomic E-state index is 0.612. The summed E-state index contributed by atoms with van der Waals surface area (Å²) in [5, 5.41) is 0. The summed E-state index contributed by atoms with van der Waals surface area (Å²) in [6, 6.07) is 7.67. The predicted molar refractivity (Wildman–Crippen MR) is 86.2 cm³/mol. The highest BCUT2D eigenvalue weighted by molar-refractivity contribution is 5.31. The van der Waals surface area contributed by atoms with E-state index in [0.717, 1.165) is 31.1 Å². The molecule has 1 aliphatic rings. The summed E-state index contributed by atoms with van der Waals surface area (Å²) in [4.78, 5) is 4.98. The van der Waals surface area contributed by atoms with Crippen LogP contribution < -0.4 is 9.47 Å². The van der Waals surface area contributed by atoms with Gasteiger partial charge in [0.05, 0.1) is 7.11 Å². The normalized spacial score (nSPS) is 17.2. The average Bonchev–Trinajstić information content (AvgIpc) is 2.55. The van der Waals surface area contributed by atoms with Gasteiger partial charge in [0.1, 0.15) is 18.1 Å². The van der Waals surface area contributed by atoms with Crippen LogP contribution in [0.3, 0.4) is 0 Å². The molecule has 0 aromatic heterocycles. The summed E-state index contributed by atoms with van der Waals surface area (Å²) < 4.78 is 10.8. The lowest BCUT2D eigenvalue weighted by atomic mass is 10.3. The van der Waals surface area contributed by atoms with Crippen LogP contribution in [-0.2, 0) is 0 Å². The molecule has 4 nitrogen and oxygen atoms in total. The van der Waals surface area contributed by atoms with E-state index in [0.29, 0.717) is 6.61 Å². The highest BCUT2D eigenvalue weighted by Gasteiger charge is 2.13. The van der Waals surface area contributed by atoms with Crippen LogP contribution in [0, 0.1) is 0 Å². The first kappa shape index (κ1) is 15.9. The van der Waals surface area contributed by atoms with Crippen molar-refractivity contribution >= 4 is 0 Å². The number of hydrogen-bond acceptors (Lipinski definition) is 4. The Bertz CT molecular complexity index is 423. The maximum atomic E-state index is 5.66. The highest BCUT2D eigenvalue weighted by Crippen LogP contribution is 2.16. The molecule has 21 heavy (non-hydrogen) atoms. The van der Waals surface area contributed by atoms with Crippen LogP contribution in [0.4, 0.5) is 0 Å². The minimum Gasteiger partial charge on any atom is -0.497 e. The first-order chi connectivity index (χ1) is 10.3. The highest BCUT2D eigenvalue weighted by atomic mass is 16.5. The standard InChI is InChI=1S/C17H26N2O2/c1-3-18-11-13-19(14-12-18)10-4-5-15-21-17-8-6-16(20-2)7-9-17/h4-9H,3,10-15H2,1-2H3. The average molecular weight is 290 g/mol. The zero-order valence-electron chi connectivity index (χ0n) is 13.1. The fraction of sp³-hybridized carbons (Fsp3) is 0.529. The summed E-state index contributed by atoms with van der Waals surface area (Å²) >= 11 is 0. The van der Waals surface area contributed by atoms with Crippen LogP contribution >= 0.6 is 0 Å². The number of benzene rings is 1. The van der Waals surface area contributed by atoms with Crippen LogP contribution in [0.15, 0.2) is 36.4 Å². The summed E-state index contributed by atoms with van der Waals surface area (Å²) in [6.07, 6.45) is 4.29. The van der Waals surface area contributed by atoms with E-state index >= 15 is 0 Å². The molecule has 2 rings (SSSR count). The molecular weight excluding hydrogens is 264 g/mol. The van der Waals surface area contributed by atoms with Gasteiger partial charge < -0.3 is 14.4 Å². The zero-order valence-corrected chi connectivity index (χ0v) is 13.1. The van der Waals surface area contributed by atoms with E-state index in [1.54, 1.807) is 7.11 Å². The SMILES string of the molecule is CCN1CCN(CC=CCOc2ccc(OC)cc2)CC1. The summed E-state index contributed by atoms with van der Waals surface area (Å²) in [7, 11) is 1.67. The van der Waals surface area contributed by atoms with Gasteiger partial charge in [0, 0.05) is 32.7 Å². The van der Waals surface area contributed by atoms with Gasteiger partial charge in [0.15, 0.2) is 0 Å². The summed E-state index contributed by atoms with van der Waals surface area (Å²) in [5.74, 6) is 1.72. The van der Waals surface area contributed by atoms with Crippen LogP contribution in [0.25, 0.3) is 0 Å². The predicted octanol–water partition coefficient (Wildman–Crippen LogP) is 2.27. The Kier molecular flexibility index (Phi) is 6.57. The van der Waals surface area contributed by atoms with E-state index in [1.165, 1.54) is 19.6 Å². The number of hydrogen-bond donors (Lipinski definition) is 0. The Hall–Kier alpha value is -1.52. The van der Waals surface area contributed by atoms with Crippen molar-refractivity contribution < 1.29 is 9.47 Å². The maximum Gasteiger partial charge on any atom is 0.120 e. The van der Waals surface area contributed by atoms with Gasteiger partial charge in [-0.25, -0.2) is 0 Å². The molecule has 0 unspecified atom stereocenters. The van der Waals surface area contributed by atoms with E-state index in [-0.39, 0.29) is 0 Å². The molecule has 0 N–H and O–H groups in total. The molecule has 1 fully saturated rings. The molecule has 116 valence electrons. The van der Waals surface area contributed by atoms with Gasteiger partial charge >= 0.3 is 0 Å². The lowest BCUT2D eigenvalue weighted by molar-refractivity contribution is 0.148. The number of methoxy groups -OCH3 is 1. The smallest absolute Gasteiger partial charge is 0.120 e. The molecule has 0 aliphatic carbocycles. The zero-order chi connectivity index (χ0) is 14.9. The topological polar surface area (TPSA) is 24.9 Å². The van der Waals surface area contributed by atoms with Crippen molar-refractivity contribution in [2.45, 2.75) is 6.92 Å². The molecular formula is C17H26N2O2. The molecule has 0 bridgehead atoms. The van der Waals surface area contributed by atoms with Gasteiger partial charge in [0.25, 0.3) is 0 Å². The van der Waals surface area contributed by atoms with Crippen molar-refractivity contribution in [2.24, 2.45) is 0 Å². The van der Waals surface area contributed by atoms with E-state index in [9.17, 15) is 0 Å². The first-order valence-corrected chi connectivity index (χ1v) is 7.68. The van der Waals surface area contributed by atoms with E-state index in [2.05, 4.69) is 28.9 Å². The molecule has 0 amide bonds. The van der Waals surface area contributed by atoms with E-state index < -0.39 is 0 Å². The number of likely N-dealkylation sites (N-methyl/N-ethyl adjacent to an activating group) is 1. The minimum atomic E-state index is 0.612.